The van der Waals surface area contributed by atoms with Gasteiger partial charge in [-0.25, -0.2) is 0 Å². The fourth-order valence-electron chi connectivity index (χ4n) is 1.91. The third-order valence-electron chi connectivity index (χ3n) is 2.97. The maximum atomic E-state index is 10.5. The summed E-state index contributed by atoms with van der Waals surface area (Å²) >= 11 is 0. The molecule has 0 bridgehead atoms. The number of nitriles is 1. The molecular formula is C15H15NO3. The molecule has 0 saturated carbocycles. The van der Waals surface area contributed by atoms with Crippen molar-refractivity contribution in [3.63, 3.8) is 0 Å². The van der Waals surface area contributed by atoms with Gasteiger partial charge in [0.25, 0.3) is 0 Å². The lowest BCUT2D eigenvalue weighted by Crippen LogP contribution is -2.42. The van der Waals surface area contributed by atoms with Crippen molar-refractivity contribution in [2.75, 3.05) is 7.11 Å². The highest BCUT2D eigenvalue weighted by atomic mass is 16.6. The van der Waals surface area contributed by atoms with Gasteiger partial charge in [-0.2, -0.15) is 5.26 Å². The first-order valence-electron chi connectivity index (χ1n) is 5.96. The van der Waals surface area contributed by atoms with Gasteiger partial charge in [0, 0.05) is 6.42 Å². The Morgan fingerprint density at radius 3 is 2.58 bits per heavy atom. The fraction of sp³-hybridized carbons (Fsp3) is 0.267. The van der Waals surface area contributed by atoms with E-state index in [0.717, 1.165) is 0 Å². The van der Waals surface area contributed by atoms with Gasteiger partial charge in [-0.3, -0.25) is 0 Å². The summed E-state index contributed by atoms with van der Waals surface area (Å²) in [5.41, 5.74) is 0. The topological polar surface area (TPSA) is 62.5 Å². The zero-order valence-electron chi connectivity index (χ0n) is 10.6. The molecule has 0 amide bonds. The summed E-state index contributed by atoms with van der Waals surface area (Å²) < 4.78 is 10.7. The lowest BCUT2D eigenvalue weighted by atomic mass is 9.91. The number of nitrogens with zero attached hydrogens (tertiary/aromatic N) is 1. The van der Waals surface area contributed by atoms with Crippen LogP contribution in [0.4, 0.5) is 0 Å². The van der Waals surface area contributed by atoms with Crippen LogP contribution in [0.5, 0.6) is 11.5 Å². The van der Waals surface area contributed by atoms with Crippen LogP contribution in [-0.4, -0.2) is 18.0 Å². The first kappa shape index (κ1) is 13.2. The number of aliphatic hydroxyl groups is 1. The van der Waals surface area contributed by atoms with Crippen LogP contribution in [0.15, 0.2) is 48.6 Å². The van der Waals surface area contributed by atoms with E-state index in [9.17, 15) is 5.11 Å². The Bertz CT molecular complexity index is 527. The molecule has 0 aromatic heterocycles. The Hall–Kier alpha value is -2.25. The first-order chi connectivity index (χ1) is 9.18. The maximum Gasteiger partial charge on any atom is 0.235 e. The number of hydrogen-bond donors (Lipinski definition) is 1. The minimum Gasteiger partial charge on any atom is -0.497 e. The molecule has 2 atom stereocenters. The van der Waals surface area contributed by atoms with Crippen LogP contribution < -0.4 is 9.47 Å². The summed E-state index contributed by atoms with van der Waals surface area (Å²) in [4.78, 5) is 0. The number of ether oxygens (including phenoxy) is 2. The van der Waals surface area contributed by atoms with E-state index in [-0.39, 0.29) is 12.3 Å². The van der Waals surface area contributed by atoms with Crippen LogP contribution in [-0.2, 0) is 0 Å². The predicted molar refractivity (Wildman–Crippen MR) is 70.6 cm³/mol. The van der Waals surface area contributed by atoms with Crippen LogP contribution in [0.3, 0.4) is 0 Å². The molecule has 1 N–H and O–H groups in total. The molecule has 0 spiro atoms. The van der Waals surface area contributed by atoms with E-state index in [1.54, 1.807) is 55.7 Å². The minimum absolute atomic E-state index is 0.188. The molecule has 98 valence electrons. The van der Waals surface area contributed by atoms with Gasteiger partial charge in [0.15, 0.2) is 0 Å². The third kappa shape index (κ3) is 2.95. The predicted octanol–water partition coefficient (Wildman–Crippen LogP) is 2.42. The lowest BCUT2D eigenvalue weighted by molar-refractivity contribution is -0.124. The summed E-state index contributed by atoms with van der Waals surface area (Å²) in [5, 5.41) is 19.3. The average Bonchev–Trinajstić information content (AvgIpc) is 2.42. The van der Waals surface area contributed by atoms with E-state index in [1.165, 1.54) is 0 Å². The molecule has 19 heavy (non-hydrogen) atoms. The van der Waals surface area contributed by atoms with Crippen molar-refractivity contribution in [3.05, 3.63) is 48.6 Å². The van der Waals surface area contributed by atoms with Crippen molar-refractivity contribution in [1.29, 1.82) is 5.26 Å². The molecule has 1 aliphatic rings. The summed E-state index contributed by atoms with van der Waals surface area (Å²) in [7, 11) is 1.58. The molecule has 2 rings (SSSR count). The van der Waals surface area contributed by atoms with E-state index in [1.807, 2.05) is 0 Å². The molecule has 0 aliphatic heterocycles. The molecule has 0 saturated heterocycles. The maximum absolute atomic E-state index is 10.5. The second kappa shape index (κ2) is 5.59. The van der Waals surface area contributed by atoms with E-state index >= 15 is 0 Å². The largest absolute Gasteiger partial charge is 0.497 e. The molecule has 4 heteroatoms. The Morgan fingerprint density at radius 2 is 1.95 bits per heavy atom. The highest BCUT2D eigenvalue weighted by Gasteiger charge is 2.36. The van der Waals surface area contributed by atoms with Gasteiger partial charge in [-0.05, 0) is 30.3 Å². The highest BCUT2D eigenvalue weighted by Crippen LogP contribution is 2.31. The fourth-order valence-corrected chi connectivity index (χ4v) is 1.91. The molecule has 1 aromatic rings. The second-order valence-electron chi connectivity index (χ2n) is 4.24. The zero-order valence-corrected chi connectivity index (χ0v) is 10.6. The van der Waals surface area contributed by atoms with E-state index in [4.69, 9.17) is 14.7 Å². The molecular weight excluding hydrogens is 242 g/mol. The summed E-state index contributed by atoms with van der Waals surface area (Å²) in [5.74, 6) is -0.637. The lowest BCUT2D eigenvalue weighted by Gasteiger charge is -2.32. The number of methoxy groups -OCH3 is 1. The minimum atomic E-state index is -1.49. The number of rotatable bonds is 4. The van der Waals surface area contributed by atoms with Gasteiger partial charge in [-0.15, -0.1) is 0 Å². The van der Waals surface area contributed by atoms with Crippen LogP contribution in [0.25, 0.3) is 0 Å². The molecule has 4 nitrogen and oxygen atoms in total. The van der Waals surface area contributed by atoms with E-state index < -0.39 is 5.79 Å². The van der Waals surface area contributed by atoms with Crippen LogP contribution >= 0.6 is 0 Å². The SMILES string of the molecule is COc1ccc(OC2(O)C=CC=CC2CC#N)cc1. The van der Waals surface area contributed by atoms with E-state index in [2.05, 4.69) is 6.07 Å². The summed E-state index contributed by atoms with van der Waals surface area (Å²) in [6.07, 6.45) is 7.02. The Labute approximate surface area is 112 Å². The standard InChI is InChI=1S/C15H15NO3/c1-18-13-5-7-14(8-6-13)19-15(17)10-3-2-4-12(15)9-11-16/h2-8,10,12,17H,9H2,1H3. The van der Waals surface area contributed by atoms with Crippen molar-refractivity contribution in [3.8, 4) is 17.6 Å². The summed E-state index contributed by atoms with van der Waals surface area (Å²) in [6, 6.07) is 8.98. The van der Waals surface area contributed by atoms with Gasteiger partial charge >= 0.3 is 0 Å². The van der Waals surface area contributed by atoms with Crippen molar-refractivity contribution >= 4 is 0 Å². The van der Waals surface area contributed by atoms with Gasteiger partial charge in [0.05, 0.1) is 19.1 Å². The number of hydrogen-bond acceptors (Lipinski definition) is 4. The van der Waals surface area contributed by atoms with Crippen molar-refractivity contribution in [2.24, 2.45) is 5.92 Å². The monoisotopic (exact) mass is 257 g/mol. The molecule has 0 radical (unpaired) electrons. The van der Waals surface area contributed by atoms with E-state index in [0.29, 0.717) is 11.5 Å². The molecule has 1 aliphatic carbocycles. The van der Waals surface area contributed by atoms with Crippen LogP contribution in [0.1, 0.15) is 6.42 Å². The van der Waals surface area contributed by atoms with Crippen LogP contribution in [0.2, 0.25) is 0 Å². The van der Waals surface area contributed by atoms with Gasteiger partial charge < -0.3 is 14.6 Å². The Morgan fingerprint density at radius 1 is 1.26 bits per heavy atom. The normalized spacial score (nSPS) is 24.8. The molecule has 0 fully saturated rings. The Kier molecular flexibility index (Phi) is 3.88. The van der Waals surface area contributed by atoms with Gasteiger partial charge in [-0.1, -0.05) is 18.2 Å². The second-order valence-corrected chi connectivity index (χ2v) is 4.24. The third-order valence-corrected chi connectivity index (χ3v) is 2.97. The Balaban J connectivity index is 2.17. The molecule has 2 unspecified atom stereocenters. The number of benzene rings is 1. The van der Waals surface area contributed by atoms with Crippen molar-refractivity contribution < 1.29 is 14.6 Å². The quantitative estimate of drug-likeness (QED) is 0.841. The smallest absolute Gasteiger partial charge is 0.235 e. The average molecular weight is 257 g/mol. The number of allylic oxidation sites excluding steroid dienone is 2. The van der Waals surface area contributed by atoms with Gasteiger partial charge in [0.2, 0.25) is 5.79 Å². The molecule has 1 aromatic carbocycles. The van der Waals surface area contributed by atoms with Crippen molar-refractivity contribution in [1.82, 2.24) is 0 Å². The van der Waals surface area contributed by atoms with Crippen LogP contribution in [0, 0.1) is 17.2 Å². The molecule has 0 heterocycles. The van der Waals surface area contributed by atoms with Crippen molar-refractivity contribution in [2.45, 2.75) is 12.2 Å². The highest BCUT2D eigenvalue weighted by molar-refractivity contribution is 5.32. The first-order valence-corrected chi connectivity index (χ1v) is 5.96. The summed E-state index contributed by atoms with van der Waals surface area (Å²) in [6.45, 7) is 0. The van der Waals surface area contributed by atoms with Gasteiger partial charge in [0.1, 0.15) is 11.5 Å². The zero-order chi connectivity index (χ0) is 13.7.